The summed E-state index contributed by atoms with van der Waals surface area (Å²) < 4.78 is 41.5. The predicted octanol–water partition coefficient (Wildman–Crippen LogP) is 4.95. The second kappa shape index (κ2) is 6.50. The van der Waals surface area contributed by atoms with Gasteiger partial charge in [0.05, 0.1) is 5.56 Å². The van der Waals surface area contributed by atoms with Gasteiger partial charge in [-0.3, -0.25) is 0 Å². The summed E-state index contributed by atoms with van der Waals surface area (Å²) in [4.78, 5) is 11.2. The van der Waals surface area contributed by atoms with Crippen molar-refractivity contribution in [2.75, 3.05) is 6.61 Å². The molecule has 0 aromatic heterocycles. The number of carbonyl (C=O) groups is 1. The minimum absolute atomic E-state index is 0.158. The van der Waals surface area contributed by atoms with Crippen LogP contribution in [0.15, 0.2) is 36.4 Å². The molecule has 0 fully saturated rings. The molecule has 7 heteroatoms. The normalized spacial score (nSPS) is 11.3. The fraction of sp³-hybridized carbons (Fsp3) is 0.188. The molecule has 23 heavy (non-hydrogen) atoms. The summed E-state index contributed by atoms with van der Waals surface area (Å²) in [6.07, 6.45) is -4.50. The SMILES string of the molecule is Cc1cc(Cl)ccc1-c1cc(OCC(F)(F)F)cc(C(=O)O)c1. The van der Waals surface area contributed by atoms with Crippen LogP contribution in [0, 0.1) is 6.92 Å². The summed E-state index contributed by atoms with van der Waals surface area (Å²) in [5.41, 5.74) is 1.71. The lowest BCUT2D eigenvalue weighted by Gasteiger charge is -2.13. The van der Waals surface area contributed by atoms with Gasteiger partial charge in [-0.2, -0.15) is 13.2 Å². The van der Waals surface area contributed by atoms with E-state index in [0.717, 1.165) is 11.6 Å². The number of alkyl halides is 3. The molecule has 0 atom stereocenters. The number of rotatable bonds is 4. The highest BCUT2D eigenvalue weighted by molar-refractivity contribution is 6.30. The van der Waals surface area contributed by atoms with Crippen molar-refractivity contribution in [2.24, 2.45) is 0 Å². The maximum Gasteiger partial charge on any atom is 0.422 e. The first-order chi connectivity index (χ1) is 10.7. The highest BCUT2D eigenvalue weighted by Gasteiger charge is 2.28. The van der Waals surface area contributed by atoms with Crippen molar-refractivity contribution < 1.29 is 27.8 Å². The fourth-order valence-electron chi connectivity index (χ4n) is 2.08. The van der Waals surface area contributed by atoms with E-state index in [1.165, 1.54) is 12.1 Å². The summed E-state index contributed by atoms with van der Waals surface area (Å²) >= 11 is 5.87. The first-order valence-electron chi connectivity index (χ1n) is 6.50. The quantitative estimate of drug-likeness (QED) is 0.853. The number of aromatic carboxylic acids is 1. The Morgan fingerprint density at radius 1 is 1.22 bits per heavy atom. The Hall–Kier alpha value is -2.21. The van der Waals surface area contributed by atoms with Crippen molar-refractivity contribution in [3.8, 4) is 16.9 Å². The van der Waals surface area contributed by atoms with Crippen LogP contribution in [-0.4, -0.2) is 23.9 Å². The lowest BCUT2D eigenvalue weighted by atomic mass is 9.98. The highest BCUT2D eigenvalue weighted by Crippen LogP contribution is 2.31. The molecule has 0 aliphatic rings. The molecule has 0 saturated heterocycles. The molecule has 0 amide bonds. The predicted molar refractivity (Wildman–Crippen MR) is 80.1 cm³/mol. The van der Waals surface area contributed by atoms with Gasteiger partial charge in [0.15, 0.2) is 6.61 Å². The largest absolute Gasteiger partial charge is 0.484 e. The van der Waals surface area contributed by atoms with Gasteiger partial charge in [-0.25, -0.2) is 4.79 Å². The Morgan fingerprint density at radius 2 is 1.91 bits per heavy atom. The summed E-state index contributed by atoms with van der Waals surface area (Å²) in [7, 11) is 0. The molecule has 2 rings (SSSR count). The van der Waals surface area contributed by atoms with Crippen LogP contribution >= 0.6 is 11.6 Å². The lowest BCUT2D eigenvalue weighted by molar-refractivity contribution is -0.153. The van der Waals surface area contributed by atoms with Gasteiger partial charge in [-0.15, -0.1) is 0 Å². The molecular formula is C16H12ClF3O3. The zero-order valence-electron chi connectivity index (χ0n) is 11.9. The highest BCUT2D eigenvalue weighted by atomic mass is 35.5. The molecule has 0 aliphatic heterocycles. The van der Waals surface area contributed by atoms with Gasteiger partial charge >= 0.3 is 12.1 Å². The number of carboxylic acids is 1. The summed E-state index contributed by atoms with van der Waals surface area (Å²) in [5, 5.41) is 9.63. The van der Waals surface area contributed by atoms with Gasteiger partial charge in [-0.1, -0.05) is 17.7 Å². The van der Waals surface area contributed by atoms with E-state index in [1.54, 1.807) is 25.1 Å². The molecule has 2 aromatic carbocycles. The third kappa shape index (κ3) is 4.63. The van der Waals surface area contributed by atoms with Crippen LogP contribution in [0.25, 0.3) is 11.1 Å². The minimum atomic E-state index is -4.50. The molecule has 122 valence electrons. The molecule has 2 aromatic rings. The van der Waals surface area contributed by atoms with E-state index >= 15 is 0 Å². The second-order valence-electron chi connectivity index (χ2n) is 4.91. The Labute approximate surface area is 135 Å². The van der Waals surface area contributed by atoms with E-state index in [9.17, 15) is 18.0 Å². The maximum absolute atomic E-state index is 12.3. The Balaban J connectivity index is 2.46. The standard InChI is InChI=1S/C16H12ClF3O3/c1-9-4-12(17)2-3-14(9)10-5-11(15(21)22)7-13(6-10)23-8-16(18,19)20/h2-7H,8H2,1H3,(H,21,22). The number of carboxylic acid groups (broad SMARTS) is 1. The van der Waals surface area contributed by atoms with Gasteiger partial charge in [0.1, 0.15) is 5.75 Å². The monoisotopic (exact) mass is 344 g/mol. The Bertz CT molecular complexity index is 742. The molecule has 0 saturated carbocycles. The van der Waals surface area contributed by atoms with E-state index < -0.39 is 18.8 Å². The van der Waals surface area contributed by atoms with Crippen LogP contribution in [0.2, 0.25) is 5.02 Å². The fourth-order valence-corrected chi connectivity index (χ4v) is 2.30. The topological polar surface area (TPSA) is 46.5 Å². The van der Waals surface area contributed by atoms with Crippen LogP contribution in [0.4, 0.5) is 13.2 Å². The van der Waals surface area contributed by atoms with E-state index in [-0.39, 0.29) is 11.3 Å². The minimum Gasteiger partial charge on any atom is -0.484 e. The number of hydrogen-bond donors (Lipinski definition) is 1. The number of benzene rings is 2. The third-order valence-corrected chi connectivity index (χ3v) is 3.29. The number of ether oxygens (including phenoxy) is 1. The summed E-state index contributed by atoms with van der Waals surface area (Å²) in [5.74, 6) is -1.41. The zero-order valence-corrected chi connectivity index (χ0v) is 12.7. The van der Waals surface area contributed by atoms with Crippen molar-refractivity contribution >= 4 is 17.6 Å². The number of hydrogen-bond acceptors (Lipinski definition) is 2. The average Bonchev–Trinajstić information content (AvgIpc) is 2.44. The van der Waals surface area contributed by atoms with Crippen molar-refractivity contribution in [1.82, 2.24) is 0 Å². The van der Waals surface area contributed by atoms with Crippen LogP contribution in [-0.2, 0) is 0 Å². The van der Waals surface area contributed by atoms with E-state index in [4.69, 9.17) is 16.7 Å². The van der Waals surface area contributed by atoms with Crippen LogP contribution < -0.4 is 4.74 Å². The lowest BCUT2D eigenvalue weighted by Crippen LogP contribution is -2.19. The Kier molecular flexibility index (Phi) is 4.85. The van der Waals surface area contributed by atoms with Crippen molar-refractivity contribution in [1.29, 1.82) is 0 Å². The van der Waals surface area contributed by atoms with Crippen LogP contribution in [0.5, 0.6) is 5.75 Å². The average molecular weight is 345 g/mol. The molecule has 3 nitrogen and oxygen atoms in total. The van der Waals surface area contributed by atoms with Gasteiger partial charge in [-0.05, 0) is 53.9 Å². The zero-order chi connectivity index (χ0) is 17.2. The number of aryl methyl sites for hydroxylation is 1. The molecule has 0 spiro atoms. The molecule has 0 unspecified atom stereocenters. The molecular weight excluding hydrogens is 333 g/mol. The van der Waals surface area contributed by atoms with Gasteiger partial charge in [0, 0.05) is 5.02 Å². The van der Waals surface area contributed by atoms with Gasteiger partial charge < -0.3 is 9.84 Å². The smallest absolute Gasteiger partial charge is 0.422 e. The van der Waals surface area contributed by atoms with E-state index in [1.807, 2.05) is 0 Å². The molecule has 0 heterocycles. The summed E-state index contributed by atoms with van der Waals surface area (Å²) in [6.45, 7) is 0.278. The first-order valence-corrected chi connectivity index (χ1v) is 6.88. The third-order valence-electron chi connectivity index (χ3n) is 3.06. The van der Waals surface area contributed by atoms with Crippen LogP contribution in [0.1, 0.15) is 15.9 Å². The molecule has 0 radical (unpaired) electrons. The Morgan fingerprint density at radius 3 is 2.48 bits per heavy atom. The maximum atomic E-state index is 12.3. The second-order valence-corrected chi connectivity index (χ2v) is 5.35. The summed E-state index contributed by atoms with van der Waals surface area (Å²) in [6, 6.07) is 8.77. The molecule has 0 aliphatic carbocycles. The number of halogens is 4. The molecule has 0 bridgehead atoms. The van der Waals surface area contributed by atoms with E-state index in [0.29, 0.717) is 16.1 Å². The van der Waals surface area contributed by atoms with Crippen molar-refractivity contribution in [3.05, 3.63) is 52.5 Å². The molecule has 1 N–H and O–H groups in total. The van der Waals surface area contributed by atoms with Crippen LogP contribution in [0.3, 0.4) is 0 Å². The first kappa shape index (κ1) is 17.1. The van der Waals surface area contributed by atoms with Crippen molar-refractivity contribution in [2.45, 2.75) is 13.1 Å². The van der Waals surface area contributed by atoms with Gasteiger partial charge in [0.25, 0.3) is 0 Å². The van der Waals surface area contributed by atoms with Gasteiger partial charge in [0.2, 0.25) is 0 Å². The van der Waals surface area contributed by atoms with Crippen molar-refractivity contribution in [3.63, 3.8) is 0 Å². The van der Waals surface area contributed by atoms with E-state index in [2.05, 4.69) is 4.74 Å².